The third kappa shape index (κ3) is 6.22. The molecule has 0 amide bonds. The lowest BCUT2D eigenvalue weighted by molar-refractivity contribution is -0.385. The summed E-state index contributed by atoms with van der Waals surface area (Å²) in [5.74, 6) is -1.73. The van der Waals surface area contributed by atoms with Crippen LogP contribution in [0.1, 0.15) is 108 Å². The SMILES string of the molecule is CC(C)(C)c1cc2c(O)c(c1)Cc1cc([N+](=O)[O-])cc(c1O)Cc1cc(C(C)(C)C)cc(c1O)Cc1cc(C(=O)O)cc(c1O)C2. The van der Waals surface area contributed by atoms with Gasteiger partial charge in [-0.05, 0) is 67.5 Å². The van der Waals surface area contributed by atoms with Crippen molar-refractivity contribution in [3.05, 3.63) is 120 Å². The van der Waals surface area contributed by atoms with Gasteiger partial charge in [0.25, 0.3) is 5.69 Å². The second-order valence-electron chi connectivity index (χ2n) is 14.3. The molecular weight excluding hydrogens is 586 g/mol. The molecule has 0 aliphatic heterocycles. The number of carboxylic acid groups (broad SMARTS) is 1. The molecule has 0 saturated heterocycles. The first-order valence-electron chi connectivity index (χ1n) is 15.1. The number of carbonyl (C=O) groups is 1. The molecule has 46 heavy (non-hydrogen) atoms. The van der Waals surface area contributed by atoms with Crippen LogP contribution in [0.5, 0.6) is 23.0 Å². The van der Waals surface area contributed by atoms with E-state index in [0.717, 1.165) is 11.1 Å². The van der Waals surface area contributed by atoms with Crippen molar-refractivity contribution in [2.45, 2.75) is 78.1 Å². The first-order chi connectivity index (χ1) is 21.3. The highest BCUT2D eigenvalue weighted by molar-refractivity contribution is 5.88. The molecule has 0 fully saturated rings. The van der Waals surface area contributed by atoms with Crippen molar-refractivity contribution in [2.24, 2.45) is 0 Å². The van der Waals surface area contributed by atoms with Gasteiger partial charge in [-0.1, -0.05) is 65.8 Å². The van der Waals surface area contributed by atoms with Crippen molar-refractivity contribution in [1.29, 1.82) is 0 Å². The summed E-state index contributed by atoms with van der Waals surface area (Å²) in [5.41, 5.74) is 3.31. The van der Waals surface area contributed by atoms with E-state index in [-0.39, 0.29) is 93.0 Å². The van der Waals surface area contributed by atoms with Gasteiger partial charge in [0.1, 0.15) is 23.0 Å². The van der Waals surface area contributed by atoms with Crippen LogP contribution in [0.3, 0.4) is 0 Å². The van der Waals surface area contributed by atoms with E-state index < -0.39 is 10.9 Å². The van der Waals surface area contributed by atoms with Crippen LogP contribution < -0.4 is 0 Å². The van der Waals surface area contributed by atoms with Crippen molar-refractivity contribution in [2.75, 3.05) is 0 Å². The molecule has 0 saturated carbocycles. The van der Waals surface area contributed by atoms with E-state index in [1.54, 1.807) is 24.3 Å². The van der Waals surface area contributed by atoms with Gasteiger partial charge in [-0.15, -0.1) is 0 Å². The third-order valence-electron chi connectivity index (χ3n) is 8.77. The van der Waals surface area contributed by atoms with E-state index >= 15 is 0 Å². The zero-order valence-electron chi connectivity index (χ0n) is 26.9. The summed E-state index contributed by atoms with van der Waals surface area (Å²) in [4.78, 5) is 23.7. The highest BCUT2D eigenvalue weighted by atomic mass is 16.6. The molecule has 8 bridgehead atoms. The Morgan fingerprint density at radius 3 is 1.07 bits per heavy atom. The maximum absolute atomic E-state index is 12.2. The number of benzene rings is 4. The average Bonchev–Trinajstić information content (AvgIpc) is 2.94. The quantitative estimate of drug-likeness (QED) is 0.100. The Balaban J connectivity index is 1.88. The molecule has 1 aliphatic carbocycles. The number of hydrogen-bond donors (Lipinski definition) is 5. The van der Waals surface area contributed by atoms with Crippen LogP contribution in [-0.2, 0) is 36.5 Å². The fourth-order valence-corrected chi connectivity index (χ4v) is 6.02. The fraction of sp³-hybridized carbons (Fsp3) is 0.324. The van der Waals surface area contributed by atoms with Gasteiger partial charge in [0.15, 0.2) is 0 Å². The maximum atomic E-state index is 12.2. The number of nitro groups is 1. The van der Waals surface area contributed by atoms with E-state index in [4.69, 9.17) is 0 Å². The van der Waals surface area contributed by atoms with E-state index in [9.17, 15) is 40.4 Å². The summed E-state index contributed by atoms with van der Waals surface area (Å²) >= 11 is 0. The standard InChI is InChI=1S/C37H39NO8/c1-36(2,3)28-13-21-7-19-11-27(35(43)44)12-20(31(19)39)8-22-14-29(37(4,5)6)16-24(33(22)41)10-26-18-30(38(45)46)17-25(34(26)42)9-23(15-28)32(21)40/h11-18,39-42H,7-10H2,1-6H3,(H,43,44). The van der Waals surface area contributed by atoms with Gasteiger partial charge in [0.05, 0.1) is 10.5 Å². The minimum absolute atomic E-state index is 0.0197. The third-order valence-corrected chi connectivity index (χ3v) is 8.77. The van der Waals surface area contributed by atoms with Crippen LogP contribution in [0.15, 0.2) is 48.5 Å². The molecule has 4 aromatic carbocycles. The van der Waals surface area contributed by atoms with E-state index in [1.807, 2.05) is 41.5 Å². The number of nitrogens with zero attached hydrogens (tertiary/aromatic N) is 1. The van der Waals surface area contributed by atoms with Crippen LogP contribution in [0.4, 0.5) is 5.69 Å². The molecule has 4 aromatic rings. The largest absolute Gasteiger partial charge is 0.507 e. The van der Waals surface area contributed by atoms with Crippen molar-refractivity contribution in [3.63, 3.8) is 0 Å². The first kappa shape index (κ1) is 32.3. The Morgan fingerprint density at radius 1 is 0.565 bits per heavy atom. The molecular formula is C37H39NO8. The number of nitro benzene ring substituents is 1. The number of phenols is 4. The Kier molecular flexibility index (Phi) is 8.01. The topological polar surface area (TPSA) is 161 Å². The van der Waals surface area contributed by atoms with Crippen LogP contribution >= 0.6 is 0 Å². The Hall–Kier alpha value is -5.05. The summed E-state index contributed by atoms with van der Waals surface area (Å²) < 4.78 is 0. The zero-order chi connectivity index (χ0) is 33.9. The summed E-state index contributed by atoms with van der Waals surface area (Å²) in [6.07, 6.45) is -0.133. The molecule has 0 aromatic heterocycles. The van der Waals surface area contributed by atoms with Crippen LogP contribution in [0, 0.1) is 10.1 Å². The van der Waals surface area contributed by atoms with Gasteiger partial charge < -0.3 is 25.5 Å². The van der Waals surface area contributed by atoms with Crippen LogP contribution in [-0.4, -0.2) is 36.4 Å². The number of fused-ring (bicyclic) bond motifs is 8. The second kappa shape index (κ2) is 11.4. The second-order valence-corrected chi connectivity index (χ2v) is 14.3. The molecule has 240 valence electrons. The number of rotatable bonds is 2. The van der Waals surface area contributed by atoms with Gasteiger partial charge in [-0.3, -0.25) is 10.1 Å². The molecule has 1 aliphatic rings. The predicted octanol–water partition coefficient (Wildman–Crippen LogP) is 7.39. The lowest BCUT2D eigenvalue weighted by atomic mass is 9.81. The number of phenolic OH excluding ortho intramolecular Hbond substituents is 4. The maximum Gasteiger partial charge on any atom is 0.335 e. The Labute approximate surface area is 267 Å². The molecule has 0 spiro atoms. The van der Waals surface area contributed by atoms with Crippen LogP contribution in [0.25, 0.3) is 0 Å². The minimum Gasteiger partial charge on any atom is -0.507 e. The monoisotopic (exact) mass is 625 g/mol. The summed E-state index contributed by atoms with van der Waals surface area (Å²) in [7, 11) is 0. The molecule has 0 radical (unpaired) electrons. The fourth-order valence-electron chi connectivity index (χ4n) is 6.02. The number of carboxylic acids is 1. The lowest BCUT2D eigenvalue weighted by Crippen LogP contribution is -2.13. The van der Waals surface area contributed by atoms with E-state index in [1.165, 1.54) is 24.3 Å². The summed E-state index contributed by atoms with van der Waals surface area (Å²) in [6.45, 7) is 12.0. The minimum atomic E-state index is -1.19. The molecule has 9 nitrogen and oxygen atoms in total. The number of aromatic hydroxyl groups is 4. The van der Waals surface area contributed by atoms with Crippen molar-refractivity contribution >= 4 is 11.7 Å². The number of aromatic carboxylic acids is 1. The van der Waals surface area contributed by atoms with Gasteiger partial charge in [0.2, 0.25) is 0 Å². The number of non-ortho nitro benzene ring substituents is 1. The Morgan fingerprint density at radius 2 is 0.826 bits per heavy atom. The molecule has 5 rings (SSSR count). The predicted molar refractivity (Wildman–Crippen MR) is 175 cm³/mol. The lowest BCUT2D eigenvalue weighted by Gasteiger charge is -2.24. The van der Waals surface area contributed by atoms with E-state index in [2.05, 4.69) is 0 Å². The number of hydrogen-bond acceptors (Lipinski definition) is 7. The highest BCUT2D eigenvalue weighted by Crippen LogP contribution is 2.42. The normalized spacial score (nSPS) is 13.3. The Bertz CT molecular complexity index is 1670. The molecule has 0 heterocycles. The summed E-state index contributed by atoms with van der Waals surface area (Å²) in [5, 5.41) is 68.2. The molecule has 5 N–H and O–H groups in total. The van der Waals surface area contributed by atoms with Gasteiger partial charge >= 0.3 is 5.97 Å². The van der Waals surface area contributed by atoms with Crippen molar-refractivity contribution in [1.82, 2.24) is 0 Å². The average molecular weight is 626 g/mol. The first-order valence-corrected chi connectivity index (χ1v) is 15.1. The van der Waals surface area contributed by atoms with Crippen molar-refractivity contribution < 1.29 is 35.3 Å². The van der Waals surface area contributed by atoms with Gasteiger partial charge in [-0.25, -0.2) is 4.79 Å². The molecule has 9 heteroatoms. The smallest absolute Gasteiger partial charge is 0.335 e. The van der Waals surface area contributed by atoms with Crippen molar-refractivity contribution in [3.8, 4) is 23.0 Å². The van der Waals surface area contributed by atoms with E-state index in [0.29, 0.717) is 22.3 Å². The summed E-state index contributed by atoms with van der Waals surface area (Å²) in [6, 6.07) is 12.5. The highest BCUT2D eigenvalue weighted by Gasteiger charge is 2.26. The zero-order valence-corrected chi connectivity index (χ0v) is 26.9. The van der Waals surface area contributed by atoms with Crippen LogP contribution in [0.2, 0.25) is 0 Å². The van der Waals surface area contributed by atoms with Gasteiger partial charge in [0, 0.05) is 48.9 Å². The molecule has 0 unspecified atom stereocenters. The molecule has 0 atom stereocenters. The van der Waals surface area contributed by atoms with Gasteiger partial charge in [-0.2, -0.15) is 0 Å².